The van der Waals surface area contributed by atoms with Crippen LogP contribution in [-0.2, 0) is 33.1 Å². The van der Waals surface area contributed by atoms with Gasteiger partial charge in [0.1, 0.15) is 5.82 Å². The van der Waals surface area contributed by atoms with Crippen molar-refractivity contribution < 1.29 is 18.0 Å². The van der Waals surface area contributed by atoms with Crippen molar-refractivity contribution in [1.82, 2.24) is 24.5 Å². The van der Waals surface area contributed by atoms with Crippen molar-refractivity contribution in [1.29, 1.82) is 0 Å². The van der Waals surface area contributed by atoms with E-state index in [9.17, 15) is 18.0 Å². The number of aromatic nitrogens is 2. The number of hydrogen-bond acceptors (Lipinski definition) is 5. The number of fused-ring (bicyclic) bond motifs is 1. The molecule has 0 fully saturated rings. The summed E-state index contributed by atoms with van der Waals surface area (Å²) < 4.78 is 27.6. The molecule has 10 heteroatoms. The lowest BCUT2D eigenvalue weighted by Gasteiger charge is -2.10. The lowest BCUT2D eigenvalue weighted by molar-refractivity contribution is -0.122. The minimum absolute atomic E-state index is 0.0778. The van der Waals surface area contributed by atoms with Crippen LogP contribution in [0, 0.1) is 0 Å². The Bertz CT molecular complexity index is 982. The van der Waals surface area contributed by atoms with Crippen molar-refractivity contribution in [3.8, 4) is 0 Å². The van der Waals surface area contributed by atoms with Crippen LogP contribution >= 0.6 is 0 Å². The van der Waals surface area contributed by atoms with Crippen LogP contribution in [0.1, 0.15) is 32.0 Å². The van der Waals surface area contributed by atoms with Gasteiger partial charge in [-0.1, -0.05) is 6.92 Å². The zero-order chi connectivity index (χ0) is 21.6. The van der Waals surface area contributed by atoms with Crippen molar-refractivity contribution in [3.63, 3.8) is 0 Å². The summed E-state index contributed by atoms with van der Waals surface area (Å²) in [7, 11) is 1.26. The molecule has 1 aromatic carbocycles. The molecule has 0 spiro atoms. The van der Waals surface area contributed by atoms with Gasteiger partial charge >= 0.3 is 0 Å². The number of benzene rings is 1. The third kappa shape index (κ3) is 5.77. The number of nitrogens with one attached hydrogen (secondary N) is 2. The average Bonchev–Trinajstić information content (AvgIpc) is 2.99. The second kappa shape index (κ2) is 9.84. The van der Waals surface area contributed by atoms with Gasteiger partial charge in [-0.05, 0) is 24.6 Å². The number of hydrogen-bond donors (Lipinski definition) is 2. The van der Waals surface area contributed by atoms with E-state index < -0.39 is 10.0 Å². The van der Waals surface area contributed by atoms with Gasteiger partial charge in [0.15, 0.2) is 0 Å². The fourth-order valence-electron chi connectivity index (χ4n) is 2.81. The van der Waals surface area contributed by atoms with Crippen molar-refractivity contribution in [2.45, 2.75) is 37.5 Å². The Morgan fingerprint density at radius 2 is 1.76 bits per heavy atom. The van der Waals surface area contributed by atoms with Crippen LogP contribution in [0.15, 0.2) is 23.1 Å². The molecule has 2 N–H and O–H groups in total. The quantitative estimate of drug-likeness (QED) is 0.587. The lowest BCUT2D eigenvalue weighted by Crippen LogP contribution is -2.31. The summed E-state index contributed by atoms with van der Waals surface area (Å²) in [5.41, 5.74) is 1.36. The zero-order valence-corrected chi connectivity index (χ0v) is 18.2. The summed E-state index contributed by atoms with van der Waals surface area (Å²) in [5, 5.41) is 5.49. The molecule has 0 atom stereocenters. The van der Waals surface area contributed by atoms with E-state index in [1.807, 2.05) is 18.5 Å². The monoisotopic (exact) mass is 423 g/mol. The van der Waals surface area contributed by atoms with Crippen LogP contribution in [0.2, 0.25) is 0 Å². The molecule has 0 saturated carbocycles. The molecule has 0 saturated heterocycles. The summed E-state index contributed by atoms with van der Waals surface area (Å²) in [6, 6.07) is 4.82. The molecule has 0 unspecified atom stereocenters. The van der Waals surface area contributed by atoms with Gasteiger partial charge < -0.3 is 15.2 Å². The largest absolute Gasteiger partial charge is 0.356 e. The molecule has 0 aliphatic heterocycles. The first-order valence-corrected chi connectivity index (χ1v) is 11.0. The topological polar surface area (TPSA) is 113 Å². The van der Waals surface area contributed by atoms with E-state index in [-0.39, 0.29) is 29.6 Å². The predicted molar refractivity (Wildman–Crippen MR) is 111 cm³/mol. The Hall–Kier alpha value is -2.46. The van der Waals surface area contributed by atoms with E-state index in [0.717, 1.165) is 16.2 Å². The Morgan fingerprint density at radius 3 is 2.41 bits per heavy atom. The minimum atomic E-state index is -3.53. The second-order valence-corrected chi connectivity index (χ2v) is 9.13. The highest BCUT2D eigenvalue weighted by molar-refractivity contribution is 7.89. The first-order chi connectivity index (χ1) is 13.7. The molecule has 29 heavy (non-hydrogen) atoms. The molecular weight excluding hydrogens is 394 g/mol. The highest BCUT2D eigenvalue weighted by atomic mass is 32.2. The molecule has 0 bridgehead atoms. The average molecular weight is 424 g/mol. The Labute approximate surface area is 171 Å². The highest BCUT2D eigenvalue weighted by Gasteiger charge is 2.19. The minimum Gasteiger partial charge on any atom is -0.356 e. The zero-order valence-electron chi connectivity index (χ0n) is 17.4. The van der Waals surface area contributed by atoms with Gasteiger partial charge in [0.25, 0.3) is 0 Å². The molecule has 160 valence electrons. The maximum atomic E-state index is 12.3. The number of amides is 2. The maximum absolute atomic E-state index is 12.3. The van der Waals surface area contributed by atoms with Crippen molar-refractivity contribution in [3.05, 3.63) is 24.0 Å². The van der Waals surface area contributed by atoms with Crippen molar-refractivity contribution in [2.24, 2.45) is 7.05 Å². The van der Waals surface area contributed by atoms with Gasteiger partial charge in [-0.15, -0.1) is 0 Å². The first-order valence-electron chi connectivity index (χ1n) is 9.58. The molecule has 9 nitrogen and oxygen atoms in total. The summed E-state index contributed by atoms with van der Waals surface area (Å²) in [5.74, 6) is 0.456. The van der Waals surface area contributed by atoms with Gasteiger partial charge in [-0.25, -0.2) is 17.7 Å². The van der Waals surface area contributed by atoms with E-state index in [0.29, 0.717) is 30.9 Å². The van der Waals surface area contributed by atoms with Crippen molar-refractivity contribution in [2.75, 3.05) is 27.2 Å². The van der Waals surface area contributed by atoms with Crippen LogP contribution < -0.4 is 10.6 Å². The smallest absolute Gasteiger partial charge is 0.242 e. The molecular formula is C19H29N5O4S. The standard InChI is InChI=1S/C19H29N5O4S/c1-5-11-20-19(26)10-12-21-18(25)9-8-17-22-15-13-14(29(27,28)23(2)3)6-7-16(15)24(17)4/h6-7,13H,5,8-12H2,1-4H3,(H,20,26)(H,21,25). The first kappa shape index (κ1) is 22.8. The fraction of sp³-hybridized carbons (Fsp3) is 0.526. The number of sulfonamides is 1. The summed E-state index contributed by atoms with van der Waals surface area (Å²) in [4.78, 5) is 28.2. The Balaban J connectivity index is 1.97. The third-order valence-electron chi connectivity index (χ3n) is 4.55. The predicted octanol–water partition coefficient (Wildman–Crippen LogP) is 0.789. The molecule has 2 amide bonds. The van der Waals surface area contributed by atoms with E-state index in [1.165, 1.54) is 14.1 Å². The van der Waals surface area contributed by atoms with E-state index in [1.54, 1.807) is 18.2 Å². The van der Waals surface area contributed by atoms with Crippen LogP contribution in [0.5, 0.6) is 0 Å². The molecule has 2 rings (SSSR count). The molecule has 0 aliphatic rings. The van der Waals surface area contributed by atoms with Gasteiger partial charge in [0.2, 0.25) is 21.8 Å². The van der Waals surface area contributed by atoms with Gasteiger partial charge in [0.05, 0.1) is 15.9 Å². The fourth-order valence-corrected chi connectivity index (χ4v) is 3.73. The highest BCUT2D eigenvalue weighted by Crippen LogP contribution is 2.21. The lowest BCUT2D eigenvalue weighted by atomic mass is 10.2. The number of nitrogens with zero attached hydrogens (tertiary/aromatic N) is 3. The third-order valence-corrected chi connectivity index (χ3v) is 6.36. The van der Waals surface area contributed by atoms with Crippen molar-refractivity contribution >= 4 is 32.9 Å². The summed E-state index contributed by atoms with van der Waals surface area (Å²) in [6.07, 6.45) is 1.77. The van der Waals surface area contributed by atoms with Crippen LogP contribution in [0.25, 0.3) is 11.0 Å². The van der Waals surface area contributed by atoms with E-state index in [4.69, 9.17) is 0 Å². The summed E-state index contributed by atoms with van der Waals surface area (Å²) in [6.45, 7) is 2.91. The van der Waals surface area contributed by atoms with Gasteiger partial charge in [-0.3, -0.25) is 9.59 Å². The number of rotatable bonds is 10. The molecule has 1 heterocycles. The van der Waals surface area contributed by atoms with Crippen LogP contribution in [-0.4, -0.2) is 61.3 Å². The number of carbonyl (C=O) groups excluding carboxylic acids is 2. The number of carbonyl (C=O) groups is 2. The van der Waals surface area contributed by atoms with E-state index >= 15 is 0 Å². The normalized spacial score (nSPS) is 11.8. The molecule has 2 aromatic rings. The molecule has 0 radical (unpaired) electrons. The van der Waals surface area contributed by atoms with E-state index in [2.05, 4.69) is 15.6 Å². The second-order valence-electron chi connectivity index (χ2n) is 6.97. The SMILES string of the molecule is CCCNC(=O)CCNC(=O)CCc1nc2cc(S(=O)(=O)N(C)C)ccc2n1C. The van der Waals surface area contributed by atoms with Crippen LogP contribution in [0.3, 0.4) is 0 Å². The van der Waals surface area contributed by atoms with Gasteiger partial charge in [0, 0.05) is 53.5 Å². The van der Waals surface area contributed by atoms with Crippen LogP contribution in [0.4, 0.5) is 0 Å². The Kier molecular flexibility index (Phi) is 7.74. The number of imidazole rings is 1. The molecule has 1 aromatic heterocycles. The Morgan fingerprint density at radius 1 is 1.10 bits per heavy atom. The maximum Gasteiger partial charge on any atom is 0.242 e. The molecule has 0 aliphatic carbocycles. The number of aryl methyl sites for hydroxylation is 2. The summed E-state index contributed by atoms with van der Waals surface area (Å²) >= 11 is 0. The van der Waals surface area contributed by atoms with Gasteiger partial charge in [-0.2, -0.15) is 0 Å².